The number of nitriles is 1. The number of allylic oxidation sites excluding steroid dienone is 1. The molecule has 2 heterocycles. The molecule has 1 aliphatic heterocycles. The first-order valence-corrected chi connectivity index (χ1v) is 9.29. The molecule has 0 amide bonds. The minimum absolute atomic E-state index is 0.135. The third-order valence-electron chi connectivity index (χ3n) is 4.58. The minimum Gasteiger partial charge on any atom is -0.481 e. The average Bonchev–Trinajstić information content (AvgIpc) is 3.32. The molecular formula is C22H23N5O2. The smallest absolute Gasteiger partial charge is 0.300 e. The molecule has 4 rings (SSSR count). The molecule has 3 aromatic rings. The van der Waals surface area contributed by atoms with Crippen molar-refractivity contribution in [3.05, 3.63) is 71.6 Å². The van der Waals surface area contributed by atoms with Crippen LogP contribution in [0.1, 0.15) is 29.9 Å². The third kappa shape index (κ3) is 5.08. The number of hydrazine groups is 1. The fourth-order valence-electron chi connectivity index (χ4n) is 3.29. The van der Waals surface area contributed by atoms with Crippen LogP contribution >= 0.6 is 0 Å². The van der Waals surface area contributed by atoms with Gasteiger partial charge in [0.1, 0.15) is 11.9 Å². The van der Waals surface area contributed by atoms with Gasteiger partial charge in [0, 0.05) is 19.4 Å². The number of hydrogen-bond acceptors (Lipinski definition) is 5. The van der Waals surface area contributed by atoms with Crippen molar-refractivity contribution in [3.63, 3.8) is 0 Å². The number of aliphatic carboxylic acids is 1. The molecule has 1 saturated heterocycles. The van der Waals surface area contributed by atoms with Crippen molar-refractivity contribution in [2.24, 2.45) is 5.92 Å². The van der Waals surface area contributed by atoms with Crippen molar-refractivity contribution < 1.29 is 9.90 Å². The lowest BCUT2D eigenvalue weighted by atomic mass is 9.93. The summed E-state index contributed by atoms with van der Waals surface area (Å²) in [5, 5.41) is 17.1. The van der Waals surface area contributed by atoms with Gasteiger partial charge in [0.15, 0.2) is 0 Å². The van der Waals surface area contributed by atoms with Gasteiger partial charge in [-0.3, -0.25) is 10.2 Å². The number of aryl methyl sites for hydroxylation is 1. The molecular weight excluding hydrogens is 366 g/mol. The number of fused-ring (bicyclic) bond motifs is 1. The molecule has 1 aromatic heterocycles. The van der Waals surface area contributed by atoms with Crippen LogP contribution in [0.25, 0.3) is 16.6 Å². The summed E-state index contributed by atoms with van der Waals surface area (Å²) in [4.78, 5) is 16.9. The van der Waals surface area contributed by atoms with E-state index in [1.165, 1.54) is 11.1 Å². The van der Waals surface area contributed by atoms with Gasteiger partial charge in [-0.25, -0.2) is 10.4 Å². The first-order valence-electron chi connectivity index (χ1n) is 9.29. The minimum atomic E-state index is -0.833. The lowest BCUT2D eigenvalue weighted by Gasteiger charge is -2.15. The molecule has 1 fully saturated rings. The number of nitrogens with one attached hydrogen (secondary N) is 3. The molecule has 7 nitrogen and oxygen atoms in total. The molecule has 0 aliphatic carbocycles. The van der Waals surface area contributed by atoms with E-state index in [4.69, 9.17) is 9.90 Å². The number of imidazole rings is 1. The van der Waals surface area contributed by atoms with Crippen LogP contribution in [0, 0.1) is 24.2 Å². The van der Waals surface area contributed by atoms with Crippen molar-refractivity contribution in [2.45, 2.75) is 19.9 Å². The number of aromatic amines is 1. The van der Waals surface area contributed by atoms with Crippen LogP contribution in [0.5, 0.6) is 0 Å². The molecule has 7 heteroatoms. The van der Waals surface area contributed by atoms with E-state index in [9.17, 15) is 5.26 Å². The maximum atomic E-state index is 9.66. The van der Waals surface area contributed by atoms with Gasteiger partial charge in [0.2, 0.25) is 0 Å². The lowest BCUT2D eigenvalue weighted by molar-refractivity contribution is -0.134. The Kier molecular flexibility index (Phi) is 6.39. The monoisotopic (exact) mass is 389 g/mol. The maximum absolute atomic E-state index is 9.66. The summed E-state index contributed by atoms with van der Waals surface area (Å²) < 4.78 is 0. The summed E-state index contributed by atoms with van der Waals surface area (Å²) >= 11 is 0. The van der Waals surface area contributed by atoms with Gasteiger partial charge < -0.3 is 10.1 Å². The number of nitrogens with zero attached hydrogens (tertiary/aromatic N) is 2. The zero-order chi connectivity index (χ0) is 20.8. The molecule has 0 saturated carbocycles. The van der Waals surface area contributed by atoms with Crippen LogP contribution in [0.15, 0.2) is 54.6 Å². The van der Waals surface area contributed by atoms with Gasteiger partial charge in [-0.05, 0) is 30.2 Å². The first-order chi connectivity index (χ1) is 14.0. The third-order valence-corrected chi connectivity index (χ3v) is 4.58. The molecule has 2 aromatic carbocycles. The Bertz CT molecular complexity index is 1060. The molecule has 4 N–H and O–H groups in total. The second kappa shape index (κ2) is 9.15. The van der Waals surface area contributed by atoms with Crippen molar-refractivity contribution in [3.8, 4) is 6.07 Å². The maximum Gasteiger partial charge on any atom is 0.300 e. The van der Waals surface area contributed by atoms with E-state index in [0.29, 0.717) is 11.4 Å². The molecule has 2 unspecified atom stereocenters. The van der Waals surface area contributed by atoms with Crippen molar-refractivity contribution >= 4 is 22.6 Å². The van der Waals surface area contributed by atoms with Gasteiger partial charge in [-0.1, -0.05) is 42.5 Å². The summed E-state index contributed by atoms with van der Waals surface area (Å²) in [6.07, 6.45) is 2.01. The Morgan fingerprint density at radius 2 is 2.00 bits per heavy atom. The van der Waals surface area contributed by atoms with Crippen LogP contribution < -0.4 is 10.9 Å². The first kappa shape index (κ1) is 20.3. The van der Waals surface area contributed by atoms with Crippen molar-refractivity contribution in [1.29, 1.82) is 5.26 Å². The zero-order valence-electron chi connectivity index (χ0n) is 16.3. The highest BCUT2D eigenvalue weighted by atomic mass is 16.4. The molecule has 29 heavy (non-hydrogen) atoms. The van der Waals surface area contributed by atoms with Crippen molar-refractivity contribution in [1.82, 2.24) is 20.8 Å². The second-order valence-electron chi connectivity index (χ2n) is 6.89. The Hall–Kier alpha value is -3.47. The number of aromatic nitrogens is 2. The molecule has 0 spiro atoms. The highest BCUT2D eigenvalue weighted by molar-refractivity contribution is 5.82. The number of hydrogen-bond donors (Lipinski definition) is 4. The number of H-pyrrole nitrogens is 1. The Balaban J connectivity index is 0.000000552. The topological polar surface area (TPSA) is 114 Å². The summed E-state index contributed by atoms with van der Waals surface area (Å²) in [6.45, 7) is 3.89. The molecule has 1 aliphatic rings. The fraction of sp³-hybridized carbons (Fsp3) is 0.227. The van der Waals surface area contributed by atoms with E-state index in [0.717, 1.165) is 24.5 Å². The fourth-order valence-corrected chi connectivity index (χ4v) is 3.29. The number of carboxylic acids is 1. The van der Waals surface area contributed by atoms with Crippen LogP contribution in [-0.4, -0.2) is 27.6 Å². The lowest BCUT2D eigenvalue weighted by Crippen LogP contribution is -2.24. The molecule has 0 bridgehead atoms. The summed E-state index contributed by atoms with van der Waals surface area (Å²) in [5.74, 6) is -0.0335. The van der Waals surface area contributed by atoms with Gasteiger partial charge in [-0.15, -0.1) is 0 Å². The largest absolute Gasteiger partial charge is 0.481 e. The highest BCUT2D eigenvalue weighted by Crippen LogP contribution is 2.28. The Morgan fingerprint density at radius 1 is 1.28 bits per heavy atom. The molecule has 2 atom stereocenters. The standard InChI is InChI=1S/C20H19N5.C2H4O2/c1-13-7-8-17-18(9-13)24-20(23-17)15(11-21)10-16-12-22-25-19(16)14-5-3-2-4-6-14;1-2(3)4/h2-10,16,19,22,25H,12H2,1H3,(H,23,24);1H3,(H,3,4)/b15-10+;. The SMILES string of the molecule is CC(=O)O.Cc1ccc2nc(/C(C#N)=C/C3CNNC3c3ccccc3)[nH]c2c1. The number of benzene rings is 2. The van der Waals surface area contributed by atoms with Gasteiger partial charge in [-0.2, -0.15) is 5.26 Å². The van der Waals surface area contributed by atoms with E-state index in [1.807, 2.05) is 49.4 Å². The van der Waals surface area contributed by atoms with E-state index >= 15 is 0 Å². The summed E-state index contributed by atoms with van der Waals surface area (Å²) in [5.41, 5.74) is 11.3. The zero-order valence-corrected chi connectivity index (χ0v) is 16.3. The van der Waals surface area contributed by atoms with Gasteiger partial charge in [0.05, 0.1) is 22.6 Å². The van der Waals surface area contributed by atoms with Crippen LogP contribution in [-0.2, 0) is 4.79 Å². The summed E-state index contributed by atoms with van der Waals surface area (Å²) in [7, 11) is 0. The highest BCUT2D eigenvalue weighted by Gasteiger charge is 2.27. The molecule has 148 valence electrons. The van der Waals surface area contributed by atoms with E-state index in [-0.39, 0.29) is 12.0 Å². The predicted octanol–water partition coefficient (Wildman–Crippen LogP) is 3.33. The van der Waals surface area contributed by atoms with Gasteiger partial charge >= 0.3 is 0 Å². The van der Waals surface area contributed by atoms with Gasteiger partial charge in [0.25, 0.3) is 5.97 Å². The second-order valence-corrected chi connectivity index (χ2v) is 6.89. The van der Waals surface area contributed by atoms with Crippen LogP contribution in [0.3, 0.4) is 0 Å². The van der Waals surface area contributed by atoms with Crippen LogP contribution in [0.4, 0.5) is 0 Å². The van der Waals surface area contributed by atoms with Crippen LogP contribution in [0.2, 0.25) is 0 Å². The predicted molar refractivity (Wildman–Crippen MR) is 112 cm³/mol. The van der Waals surface area contributed by atoms with E-state index in [2.05, 4.69) is 39.0 Å². The summed E-state index contributed by atoms with van der Waals surface area (Å²) in [6, 6.07) is 18.8. The Labute approximate surface area is 169 Å². The average molecular weight is 389 g/mol. The van der Waals surface area contributed by atoms with E-state index in [1.54, 1.807) is 0 Å². The quantitative estimate of drug-likeness (QED) is 0.511. The van der Waals surface area contributed by atoms with Crippen molar-refractivity contribution in [2.75, 3.05) is 6.54 Å². The Morgan fingerprint density at radius 3 is 2.69 bits per heavy atom. The number of rotatable bonds is 3. The number of carbonyl (C=O) groups is 1. The normalized spacial score (nSPS) is 18.7. The van der Waals surface area contributed by atoms with E-state index < -0.39 is 5.97 Å². The number of carboxylic acid groups (broad SMARTS) is 1. The molecule has 0 radical (unpaired) electrons.